The van der Waals surface area contributed by atoms with Gasteiger partial charge in [-0.15, -0.1) is 0 Å². The van der Waals surface area contributed by atoms with Gasteiger partial charge in [-0.05, 0) is 24.3 Å². The van der Waals surface area contributed by atoms with Crippen molar-refractivity contribution in [2.24, 2.45) is 0 Å². The minimum atomic E-state index is -4.73. The molecule has 1 aliphatic heterocycles. The predicted octanol–water partition coefficient (Wildman–Crippen LogP) is 3.60. The van der Waals surface area contributed by atoms with Crippen molar-refractivity contribution in [3.8, 4) is 0 Å². The molecule has 0 aromatic heterocycles. The van der Waals surface area contributed by atoms with Crippen LogP contribution in [0.3, 0.4) is 0 Å². The van der Waals surface area contributed by atoms with Crippen molar-refractivity contribution < 1.29 is 21.6 Å². The Morgan fingerprint density at radius 3 is 2.25 bits per heavy atom. The molecule has 1 aliphatic rings. The highest BCUT2D eigenvalue weighted by molar-refractivity contribution is 7.92. The summed E-state index contributed by atoms with van der Waals surface area (Å²) in [6.45, 7) is 0. The molecule has 0 unspecified atom stereocenters. The van der Waals surface area contributed by atoms with Crippen LogP contribution in [0.2, 0.25) is 0 Å². The lowest BCUT2D eigenvalue weighted by Gasteiger charge is -2.24. The second-order valence-corrected chi connectivity index (χ2v) is 6.16. The normalized spacial score (nSPS) is 15.9. The number of benzene rings is 2. The number of rotatable bonds is 0. The molecule has 0 spiro atoms. The van der Waals surface area contributed by atoms with Crippen LogP contribution >= 0.6 is 0 Å². The van der Waals surface area contributed by atoms with E-state index in [0.29, 0.717) is 0 Å². The zero-order valence-electron chi connectivity index (χ0n) is 9.90. The minimum Gasteiger partial charge on any atom is -0.353 e. The second-order valence-electron chi connectivity index (χ2n) is 4.30. The van der Waals surface area contributed by atoms with E-state index < -0.39 is 26.5 Å². The number of hydrogen-bond donors (Lipinski definition) is 1. The number of anilines is 2. The lowest BCUT2D eigenvalue weighted by Crippen LogP contribution is -2.19. The van der Waals surface area contributed by atoms with Gasteiger partial charge in [0.1, 0.15) is 4.90 Å². The summed E-state index contributed by atoms with van der Waals surface area (Å²) in [4.78, 5) is -0.865. The molecule has 0 bridgehead atoms. The number of fused-ring (bicyclic) bond motifs is 2. The second kappa shape index (κ2) is 3.99. The molecule has 3 nitrogen and oxygen atoms in total. The zero-order chi connectivity index (χ0) is 14.5. The molecule has 0 saturated carbocycles. The molecule has 104 valence electrons. The zero-order valence-corrected chi connectivity index (χ0v) is 10.7. The molecule has 20 heavy (non-hydrogen) atoms. The molecular formula is C13H8F3NO2S. The van der Waals surface area contributed by atoms with Crippen molar-refractivity contribution in [1.29, 1.82) is 0 Å². The van der Waals surface area contributed by atoms with Gasteiger partial charge >= 0.3 is 6.18 Å². The molecule has 0 aliphatic carbocycles. The van der Waals surface area contributed by atoms with Crippen molar-refractivity contribution in [3.05, 3.63) is 48.0 Å². The van der Waals surface area contributed by atoms with E-state index >= 15 is 0 Å². The monoisotopic (exact) mass is 299 g/mol. The summed E-state index contributed by atoms with van der Waals surface area (Å²) >= 11 is 0. The summed E-state index contributed by atoms with van der Waals surface area (Å²) in [5.74, 6) is 0. The fourth-order valence-corrected chi connectivity index (χ4v) is 3.98. The van der Waals surface area contributed by atoms with Crippen LogP contribution in [0.1, 0.15) is 5.56 Å². The number of sulfone groups is 1. The highest BCUT2D eigenvalue weighted by atomic mass is 32.2. The highest BCUT2D eigenvalue weighted by Gasteiger charge is 2.41. The Labute approximate surface area is 113 Å². The first kappa shape index (κ1) is 13.0. The van der Waals surface area contributed by atoms with Gasteiger partial charge in [0.15, 0.2) is 0 Å². The fraction of sp³-hybridized carbons (Fsp3) is 0.0769. The third-order valence-electron chi connectivity index (χ3n) is 3.04. The number of para-hydroxylation sites is 1. The fourth-order valence-electron chi connectivity index (χ4n) is 2.21. The average Bonchev–Trinajstić information content (AvgIpc) is 2.37. The molecule has 0 radical (unpaired) electrons. The number of nitrogens with one attached hydrogen (secondary N) is 1. The van der Waals surface area contributed by atoms with Crippen LogP contribution in [0, 0.1) is 0 Å². The Hall–Kier alpha value is -2.02. The molecule has 0 saturated heterocycles. The van der Waals surface area contributed by atoms with Crippen LogP contribution in [-0.4, -0.2) is 8.42 Å². The maximum Gasteiger partial charge on any atom is 0.417 e. The van der Waals surface area contributed by atoms with Crippen molar-refractivity contribution >= 4 is 21.2 Å². The molecule has 2 aromatic carbocycles. The SMILES string of the molecule is O=S1(=O)c2ccccc2Nc2cccc(C(F)(F)F)c21. The summed E-state index contributed by atoms with van der Waals surface area (Å²) in [5, 5.41) is 2.73. The van der Waals surface area contributed by atoms with E-state index in [0.717, 1.165) is 6.07 Å². The smallest absolute Gasteiger partial charge is 0.353 e. The summed E-state index contributed by atoms with van der Waals surface area (Å²) < 4.78 is 63.9. The van der Waals surface area contributed by atoms with E-state index in [1.165, 1.54) is 30.3 Å². The predicted molar refractivity (Wildman–Crippen MR) is 66.6 cm³/mol. The van der Waals surface area contributed by atoms with Crippen molar-refractivity contribution in [3.63, 3.8) is 0 Å². The standard InChI is InChI=1S/C13H8F3NO2S/c14-13(15,16)8-4-3-6-10-12(8)20(18,19)11-7-2-1-5-9(11)17-10/h1-7,17H. The van der Waals surface area contributed by atoms with E-state index in [9.17, 15) is 21.6 Å². The largest absolute Gasteiger partial charge is 0.417 e. The average molecular weight is 299 g/mol. The van der Waals surface area contributed by atoms with Gasteiger partial charge in [0.2, 0.25) is 9.84 Å². The van der Waals surface area contributed by atoms with E-state index in [2.05, 4.69) is 5.32 Å². The van der Waals surface area contributed by atoms with E-state index in [1.807, 2.05) is 0 Å². The van der Waals surface area contributed by atoms with Crippen LogP contribution in [0.4, 0.5) is 24.5 Å². The van der Waals surface area contributed by atoms with Crippen LogP contribution in [0.25, 0.3) is 0 Å². The van der Waals surface area contributed by atoms with Gasteiger partial charge in [-0.1, -0.05) is 18.2 Å². The Kier molecular flexibility index (Phi) is 2.59. The van der Waals surface area contributed by atoms with Crippen LogP contribution in [-0.2, 0) is 16.0 Å². The Balaban J connectivity index is 2.37. The van der Waals surface area contributed by atoms with Gasteiger partial charge in [-0.3, -0.25) is 0 Å². The Bertz CT molecular complexity index is 798. The lowest BCUT2D eigenvalue weighted by molar-refractivity contribution is -0.139. The summed E-state index contributed by atoms with van der Waals surface area (Å²) in [5.41, 5.74) is -0.935. The number of halogens is 3. The molecule has 0 amide bonds. The maximum atomic E-state index is 13.0. The van der Waals surface area contributed by atoms with Crippen LogP contribution in [0.5, 0.6) is 0 Å². The Morgan fingerprint density at radius 1 is 0.900 bits per heavy atom. The first-order valence-electron chi connectivity index (χ1n) is 5.63. The molecule has 0 atom stereocenters. The van der Waals surface area contributed by atoms with Crippen molar-refractivity contribution in [1.82, 2.24) is 0 Å². The van der Waals surface area contributed by atoms with Gasteiger partial charge in [0.05, 0.1) is 21.8 Å². The molecule has 2 aromatic rings. The van der Waals surface area contributed by atoms with Gasteiger partial charge in [-0.25, -0.2) is 8.42 Å². The van der Waals surface area contributed by atoms with Gasteiger partial charge in [0, 0.05) is 0 Å². The van der Waals surface area contributed by atoms with Gasteiger partial charge in [-0.2, -0.15) is 13.2 Å². The Morgan fingerprint density at radius 2 is 1.55 bits per heavy atom. The van der Waals surface area contributed by atoms with Crippen LogP contribution in [0.15, 0.2) is 52.3 Å². The molecular weight excluding hydrogens is 291 g/mol. The molecule has 1 N–H and O–H groups in total. The minimum absolute atomic E-state index is 0.0569. The molecule has 0 fully saturated rings. The highest BCUT2D eigenvalue weighted by Crippen LogP contribution is 2.45. The van der Waals surface area contributed by atoms with Crippen molar-refractivity contribution in [2.45, 2.75) is 16.0 Å². The molecule has 1 heterocycles. The summed E-state index contributed by atoms with van der Waals surface area (Å²) in [6.07, 6.45) is -4.73. The van der Waals surface area contributed by atoms with Crippen LogP contribution < -0.4 is 5.32 Å². The summed E-state index contributed by atoms with van der Waals surface area (Å²) in [7, 11) is -4.20. The number of hydrogen-bond acceptors (Lipinski definition) is 3. The van der Waals surface area contributed by atoms with Crippen molar-refractivity contribution in [2.75, 3.05) is 5.32 Å². The van der Waals surface area contributed by atoms with E-state index in [1.54, 1.807) is 6.07 Å². The summed E-state index contributed by atoms with van der Waals surface area (Å²) in [6, 6.07) is 9.14. The first-order valence-corrected chi connectivity index (χ1v) is 7.11. The first-order chi connectivity index (χ1) is 9.32. The van der Waals surface area contributed by atoms with E-state index in [-0.39, 0.29) is 16.3 Å². The molecule has 7 heteroatoms. The quantitative estimate of drug-likeness (QED) is 0.690. The third-order valence-corrected chi connectivity index (χ3v) is 4.95. The van der Waals surface area contributed by atoms with E-state index in [4.69, 9.17) is 0 Å². The number of alkyl halides is 3. The lowest BCUT2D eigenvalue weighted by atomic mass is 10.1. The maximum absolute atomic E-state index is 13.0. The topological polar surface area (TPSA) is 46.2 Å². The molecule has 3 rings (SSSR count). The van der Waals surface area contributed by atoms with Gasteiger partial charge < -0.3 is 5.32 Å². The van der Waals surface area contributed by atoms with Gasteiger partial charge in [0.25, 0.3) is 0 Å². The third kappa shape index (κ3) is 1.77.